The van der Waals surface area contributed by atoms with E-state index in [1.807, 2.05) is 0 Å². The molecule has 6 rings (SSSR count). The van der Waals surface area contributed by atoms with Gasteiger partial charge in [-0.3, -0.25) is 9.62 Å². The van der Waals surface area contributed by atoms with Gasteiger partial charge in [0, 0.05) is 29.5 Å². The molecular weight excluding hydrogens is 491 g/mol. The minimum absolute atomic E-state index is 0.135. The predicted molar refractivity (Wildman–Crippen MR) is 125 cm³/mol. The molecule has 1 aromatic heterocycles. The topological polar surface area (TPSA) is 120 Å². The monoisotopic (exact) mass is 512 g/mol. The number of aromatic nitrogens is 2. The summed E-state index contributed by atoms with van der Waals surface area (Å²) in [6, 6.07) is 12.8. The van der Waals surface area contributed by atoms with E-state index in [2.05, 4.69) is 14.9 Å². The van der Waals surface area contributed by atoms with Gasteiger partial charge in [-0.1, -0.05) is 12.1 Å². The van der Waals surface area contributed by atoms with E-state index in [9.17, 15) is 13.2 Å². The number of hydrogen-bond donors (Lipinski definition) is 1. The van der Waals surface area contributed by atoms with E-state index >= 15 is 4.39 Å². The van der Waals surface area contributed by atoms with Crippen LogP contribution in [0.25, 0.3) is 0 Å². The summed E-state index contributed by atoms with van der Waals surface area (Å²) < 4.78 is 59.1. The molecular formula is C24H21FN4O6S. The molecule has 36 heavy (non-hydrogen) atoms. The standard InChI is InChI=1S/C24H21FN4O6S/c25-22-15(3-1-4-19(22)28-36(31,32)17-7-8-17)12-29-23(30)35-20-11-16(34-21-5-2-10-26-27-21)6-9-18(20)24(29)13-33-14-24/h1-6,9-11,17,28H,7-8,12-14H2. The number of nitrogens with zero attached hydrogens (tertiary/aromatic N) is 3. The van der Waals surface area contributed by atoms with Crippen molar-refractivity contribution in [2.75, 3.05) is 17.9 Å². The van der Waals surface area contributed by atoms with Crippen molar-refractivity contribution in [1.82, 2.24) is 15.1 Å². The Balaban J connectivity index is 1.28. The Morgan fingerprint density at radius 3 is 2.69 bits per heavy atom. The Kier molecular flexibility index (Phi) is 5.30. The number of carbonyl (C=O) groups excluding carboxylic acids is 1. The average molecular weight is 513 g/mol. The first-order chi connectivity index (χ1) is 17.4. The molecule has 1 amide bonds. The molecule has 1 saturated heterocycles. The van der Waals surface area contributed by atoms with Gasteiger partial charge in [0.1, 0.15) is 17.0 Å². The van der Waals surface area contributed by atoms with Crippen molar-refractivity contribution in [2.24, 2.45) is 0 Å². The lowest BCUT2D eigenvalue weighted by Gasteiger charge is -2.51. The molecule has 1 aliphatic carbocycles. The van der Waals surface area contributed by atoms with Gasteiger partial charge in [-0.05, 0) is 37.1 Å². The molecule has 3 aromatic rings. The van der Waals surface area contributed by atoms with Crippen LogP contribution < -0.4 is 14.2 Å². The highest BCUT2D eigenvalue weighted by molar-refractivity contribution is 7.93. The lowest BCUT2D eigenvalue weighted by molar-refractivity contribution is -0.143. The van der Waals surface area contributed by atoms with Crippen LogP contribution in [0.3, 0.4) is 0 Å². The van der Waals surface area contributed by atoms with Gasteiger partial charge < -0.3 is 14.2 Å². The van der Waals surface area contributed by atoms with Crippen molar-refractivity contribution in [3.8, 4) is 17.4 Å². The highest BCUT2D eigenvalue weighted by Crippen LogP contribution is 2.47. The summed E-state index contributed by atoms with van der Waals surface area (Å²) >= 11 is 0. The zero-order valence-corrected chi connectivity index (χ0v) is 19.7. The highest BCUT2D eigenvalue weighted by atomic mass is 32.2. The summed E-state index contributed by atoms with van der Waals surface area (Å²) in [6.45, 7) is 0.272. The number of anilines is 1. The largest absolute Gasteiger partial charge is 0.437 e. The molecule has 0 radical (unpaired) electrons. The molecule has 1 N–H and O–H groups in total. The fraction of sp³-hybridized carbons (Fsp3) is 0.292. The van der Waals surface area contributed by atoms with Gasteiger partial charge in [0.25, 0.3) is 0 Å². The zero-order valence-electron chi connectivity index (χ0n) is 18.9. The lowest BCUT2D eigenvalue weighted by Crippen LogP contribution is -2.63. The summed E-state index contributed by atoms with van der Waals surface area (Å²) in [6.07, 6.45) is 1.97. The first kappa shape index (κ1) is 22.7. The third-order valence-electron chi connectivity index (χ3n) is 6.46. The van der Waals surface area contributed by atoms with Crippen molar-refractivity contribution in [1.29, 1.82) is 0 Å². The third-order valence-corrected chi connectivity index (χ3v) is 8.32. The van der Waals surface area contributed by atoms with Gasteiger partial charge >= 0.3 is 6.09 Å². The van der Waals surface area contributed by atoms with Crippen LogP contribution in [0.5, 0.6) is 17.4 Å². The second-order valence-corrected chi connectivity index (χ2v) is 10.9. The maximum atomic E-state index is 15.3. The van der Waals surface area contributed by atoms with Crippen LogP contribution in [0.1, 0.15) is 24.0 Å². The van der Waals surface area contributed by atoms with E-state index in [-0.39, 0.29) is 36.9 Å². The van der Waals surface area contributed by atoms with E-state index in [1.165, 1.54) is 23.2 Å². The fourth-order valence-electron chi connectivity index (χ4n) is 4.36. The second kappa shape index (κ2) is 8.42. The number of rotatable bonds is 7. The van der Waals surface area contributed by atoms with E-state index in [0.29, 0.717) is 29.9 Å². The normalized spacial score (nSPS) is 18.2. The second-order valence-electron chi connectivity index (χ2n) is 8.93. The van der Waals surface area contributed by atoms with E-state index in [1.54, 1.807) is 36.4 Å². The quantitative estimate of drug-likeness (QED) is 0.510. The maximum Gasteiger partial charge on any atom is 0.416 e. The number of benzene rings is 2. The van der Waals surface area contributed by atoms with Gasteiger partial charge in [0.2, 0.25) is 15.9 Å². The van der Waals surface area contributed by atoms with E-state index in [0.717, 1.165) is 0 Å². The Labute approximate surface area is 206 Å². The number of halogens is 1. The van der Waals surface area contributed by atoms with E-state index < -0.39 is 32.7 Å². The molecule has 2 fully saturated rings. The number of ether oxygens (including phenoxy) is 3. The molecule has 3 heterocycles. The zero-order chi connectivity index (χ0) is 24.9. The van der Waals surface area contributed by atoms with E-state index in [4.69, 9.17) is 14.2 Å². The van der Waals surface area contributed by atoms with Gasteiger partial charge in [-0.2, -0.15) is 5.10 Å². The van der Waals surface area contributed by atoms with Crippen molar-refractivity contribution in [3.63, 3.8) is 0 Å². The number of sulfonamides is 1. The predicted octanol–water partition coefficient (Wildman–Crippen LogP) is 3.55. The summed E-state index contributed by atoms with van der Waals surface area (Å²) in [7, 11) is -3.64. The number of carbonyl (C=O) groups is 1. The van der Waals surface area contributed by atoms with Crippen LogP contribution in [-0.2, 0) is 26.8 Å². The molecule has 186 valence electrons. The Morgan fingerprint density at radius 1 is 1.17 bits per heavy atom. The van der Waals surface area contributed by atoms with Crippen molar-refractivity contribution >= 4 is 21.8 Å². The molecule has 2 aliphatic heterocycles. The Bertz CT molecular complexity index is 1440. The summed E-state index contributed by atoms with van der Waals surface area (Å²) in [5.74, 6) is 0.277. The first-order valence-electron chi connectivity index (χ1n) is 11.3. The molecule has 0 atom stereocenters. The minimum Gasteiger partial charge on any atom is -0.437 e. The smallest absolute Gasteiger partial charge is 0.416 e. The fourth-order valence-corrected chi connectivity index (χ4v) is 5.74. The summed E-state index contributed by atoms with van der Waals surface area (Å²) in [5.41, 5.74) is -0.146. The van der Waals surface area contributed by atoms with Gasteiger partial charge in [0.05, 0.1) is 30.7 Å². The SMILES string of the molecule is O=C1Oc2cc(Oc3cccnn3)ccc2C2(COC2)N1Cc1cccc(NS(=O)(=O)C2CC2)c1F. The number of amides is 1. The average Bonchev–Trinajstić information content (AvgIpc) is 3.68. The molecule has 10 nitrogen and oxygen atoms in total. The van der Waals surface area contributed by atoms with Crippen molar-refractivity contribution in [2.45, 2.75) is 30.2 Å². The van der Waals surface area contributed by atoms with Crippen molar-refractivity contribution < 1.29 is 31.8 Å². The Hall–Kier alpha value is -3.77. The summed E-state index contributed by atoms with van der Waals surface area (Å²) in [4.78, 5) is 14.5. The molecule has 1 spiro atoms. The summed E-state index contributed by atoms with van der Waals surface area (Å²) in [5, 5.41) is 7.15. The molecule has 3 aliphatic rings. The molecule has 0 bridgehead atoms. The van der Waals surface area contributed by atoms with Crippen molar-refractivity contribution in [3.05, 3.63) is 71.7 Å². The molecule has 2 aromatic carbocycles. The maximum absolute atomic E-state index is 15.3. The number of hydrogen-bond acceptors (Lipinski definition) is 8. The third kappa shape index (κ3) is 3.91. The number of nitrogens with one attached hydrogen (secondary N) is 1. The molecule has 1 saturated carbocycles. The highest BCUT2D eigenvalue weighted by Gasteiger charge is 2.53. The first-order valence-corrected chi connectivity index (χ1v) is 12.9. The minimum atomic E-state index is -3.64. The van der Waals surface area contributed by atoms with Crippen LogP contribution >= 0.6 is 0 Å². The van der Waals surface area contributed by atoms with Crippen LogP contribution in [0, 0.1) is 5.82 Å². The molecule has 12 heteroatoms. The van der Waals surface area contributed by atoms with Gasteiger partial charge in [-0.15, -0.1) is 5.10 Å². The van der Waals surface area contributed by atoms with Crippen LogP contribution in [0.4, 0.5) is 14.9 Å². The number of fused-ring (bicyclic) bond motifs is 2. The molecule has 0 unspecified atom stereocenters. The van der Waals surface area contributed by atoms with Gasteiger partial charge in [-0.25, -0.2) is 17.6 Å². The van der Waals surface area contributed by atoms with Gasteiger partial charge in [0.15, 0.2) is 5.82 Å². The van der Waals surface area contributed by atoms with Crippen LogP contribution in [-0.4, -0.2) is 48.1 Å². The van der Waals surface area contributed by atoms with Crippen LogP contribution in [0.15, 0.2) is 54.7 Å². The Morgan fingerprint density at radius 2 is 2.00 bits per heavy atom. The van der Waals surface area contributed by atoms with Crippen LogP contribution in [0.2, 0.25) is 0 Å². The lowest BCUT2D eigenvalue weighted by atomic mass is 9.84.